The number of halogens is 1. The van der Waals surface area contributed by atoms with Gasteiger partial charge in [0.1, 0.15) is 0 Å². The lowest BCUT2D eigenvalue weighted by molar-refractivity contribution is 0.959. The lowest BCUT2D eigenvalue weighted by Gasteiger charge is -1.99. The first-order valence-corrected chi connectivity index (χ1v) is 7.68. The molecule has 0 aliphatic rings. The van der Waals surface area contributed by atoms with E-state index in [0.29, 0.717) is 0 Å². The topological polar surface area (TPSA) is 4.93 Å². The van der Waals surface area contributed by atoms with Crippen molar-refractivity contribution >= 4 is 33.8 Å². The molecule has 0 N–H and O–H groups in total. The van der Waals surface area contributed by atoms with E-state index in [-0.39, 0.29) is 0 Å². The number of rotatable bonds is 3. The first-order chi connectivity index (χ1) is 9.19. The SMILES string of the molecule is CCc1ccc(Cc2cn(C)c3cccc(Cl)c23)s1. The molecule has 2 heterocycles. The molecule has 0 saturated carbocycles. The van der Waals surface area contributed by atoms with Crippen LogP contribution in [0.25, 0.3) is 10.9 Å². The van der Waals surface area contributed by atoms with Gasteiger partial charge in [-0.25, -0.2) is 0 Å². The Hall–Kier alpha value is -1.25. The molecule has 2 aromatic heterocycles. The van der Waals surface area contributed by atoms with Crippen LogP contribution in [0.2, 0.25) is 5.02 Å². The van der Waals surface area contributed by atoms with Crippen molar-refractivity contribution in [2.45, 2.75) is 19.8 Å². The van der Waals surface area contributed by atoms with E-state index in [1.54, 1.807) is 0 Å². The summed E-state index contributed by atoms with van der Waals surface area (Å²) in [4.78, 5) is 2.85. The molecule has 0 radical (unpaired) electrons. The maximum atomic E-state index is 6.36. The zero-order valence-corrected chi connectivity index (χ0v) is 12.7. The minimum Gasteiger partial charge on any atom is -0.350 e. The molecule has 0 atom stereocenters. The number of fused-ring (bicyclic) bond motifs is 1. The Morgan fingerprint density at radius 2 is 1.95 bits per heavy atom. The molecular weight excluding hydrogens is 274 g/mol. The van der Waals surface area contributed by atoms with Gasteiger partial charge in [-0.1, -0.05) is 24.6 Å². The quantitative estimate of drug-likeness (QED) is 0.636. The minimum absolute atomic E-state index is 0.848. The maximum absolute atomic E-state index is 6.36. The van der Waals surface area contributed by atoms with Crippen LogP contribution in [0.1, 0.15) is 22.2 Å². The summed E-state index contributed by atoms with van der Waals surface area (Å²) < 4.78 is 2.16. The average molecular weight is 290 g/mol. The summed E-state index contributed by atoms with van der Waals surface area (Å²) in [5, 5.41) is 2.04. The highest BCUT2D eigenvalue weighted by molar-refractivity contribution is 7.12. The third-order valence-corrected chi connectivity index (χ3v) is 5.02. The van der Waals surface area contributed by atoms with Gasteiger partial charge in [-0.15, -0.1) is 11.3 Å². The van der Waals surface area contributed by atoms with E-state index in [0.717, 1.165) is 17.9 Å². The molecule has 0 unspecified atom stereocenters. The van der Waals surface area contributed by atoms with Crippen LogP contribution >= 0.6 is 22.9 Å². The molecule has 3 heteroatoms. The van der Waals surface area contributed by atoms with Gasteiger partial charge in [-0.3, -0.25) is 0 Å². The molecule has 0 spiro atoms. The summed E-state index contributed by atoms with van der Waals surface area (Å²) in [7, 11) is 2.08. The largest absolute Gasteiger partial charge is 0.350 e. The summed E-state index contributed by atoms with van der Waals surface area (Å²) in [6, 6.07) is 10.6. The van der Waals surface area contributed by atoms with Gasteiger partial charge < -0.3 is 4.57 Å². The van der Waals surface area contributed by atoms with E-state index >= 15 is 0 Å². The number of thiophene rings is 1. The van der Waals surface area contributed by atoms with Crippen LogP contribution in [0.4, 0.5) is 0 Å². The van der Waals surface area contributed by atoms with Gasteiger partial charge in [0, 0.05) is 40.3 Å². The number of nitrogens with zero attached hydrogens (tertiary/aromatic N) is 1. The molecule has 0 bridgehead atoms. The smallest absolute Gasteiger partial charge is 0.0502 e. The van der Waals surface area contributed by atoms with E-state index in [1.165, 1.54) is 26.2 Å². The summed E-state index contributed by atoms with van der Waals surface area (Å²) in [5.74, 6) is 0. The number of aromatic nitrogens is 1. The average Bonchev–Trinajstić information content (AvgIpc) is 2.97. The Balaban J connectivity index is 2.05. The van der Waals surface area contributed by atoms with Crippen molar-refractivity contribution in [1.82, 2.24) is 4.57 Å². The number of hydrogen-bond donors (Lipinski definition) is 0. The Morgan fingerprint density at radius 3 is 2.68 bits per heavy atom. The van der Waals surface area contributed by atoms with Gasteiger partial charge in [0.05, 0.1) is 5.02 Å². The molecule has 0 aliphatic heterocycles. The van der Waals surface area contributed by atoms with Gasteiger partial charge in [0.2, 0.25) is 0 Å². The third kappa shape index (κ3) is 2.31. The van der Waals surface area contributed by atoms with Crippen molar-refractivity contribution in [1.29, 1.82) is 0 Å². The van der Waals surface area contributed by atoms with Crippen LogP contribution in [0.5, 0.6) is 0 Å². The lowest BCUT2D eigenvalue weighted by Crippen LogP contribution is -1.83. The molecule has 1 nitrogen and oxygen atoms in total. The van der Waals surface area contributed by atoms with E-state index < -0.39 is 0 Å². The highest BCUT2D eigenvalue weighted by atomic mass is 35.5. The van der Waals surface area contributed by atoms with Crippen molar-refractivity contribution in [2.24, 2.45) is 7.05 Å². The Morgan fingerprint density at radius 1 is 1.16 bits per heavy atom. The molecule has 1 aromatic carbocycles. The second-order valence-electron chi connectivity index (χ2n) is 4.80. The van der Waals surface area contributed by atoms with Crippen molar-refractivity contribution in [3.63, 3.8) is 0 Å². The predicted octanol–water partition coefficient (Wildman–Crippen LogP) is 5.05. The second-order valence-corrected chi connectivity index (χ2v) is 6.46. The fraction of sp³-hybridized carbons (Fsp3) is 0.250. The molecule has 0 aliphatic carbocycles. The first-order valence-electron chi connectivity index (χ1n) is 6.49. The fourth-order valence-electron chi connectivity index (χ4n) is 2.52. The van der Waals surface area contributed by atoms with Crippen LogP contribution in [0.15, 0.2) is 36.5 Å². The maximum Gasteiger partial charge on any atom is 0.0502 e. The summed E-state index contributed by atoms with van der Waals surface area (Å²) >= 11 is 8.26. The minimum atomic E-state index is 0.848. The van der Waals surface area contributed by atoms with Crippen LogP contribution in [-0.2, 0) is 19.9 Å². The predicted molar refractivity (Wildman–Crippen MR) is 84.4 cm³/mol. The van der Waals surface area contributed by atoms with E-state index in [1.807, 2.05) is 23.5 Å². The Labute approximate surface area is 122 Å². The highest BCUT2D eigenvalue weighted by Gasteiger charge is 2.11. The Bertz CT molecular complexity index is 724. The third-order valence-electron chi connectivity index (χ3n) is 3.47. The Kier molecular flexibility index (Phi) is 3.38. The summed E-state index contributed by atoms with van der Waals surface area (Å²) in [6.07, 6.45) is 4.27. The van der Waals surface area contributed by atoms with E-state index in [2.05, 4.69) is 42.9 Å². The van der Waals surface area contributed by atoms with Gasteiger partial charge in [-0.05, 0) is 36.2 Å². The number of aryl methyl sites for hydroxylation is 2. The van der Waals surface area contributed by atoms with Crippen molar-refractivity contribution in [3.8, 4) is 0 Å². The van der Waals surface area contributed by atoms with Gasteiger partial charge in [0.25, 0.3) is 0 Å². The van der Waals surface area contributed by atoms with Crippen LogP contribution in [0, 0.1) is 0 Å². The summed E-state index contributed by atoms with van der Waals surface area (Å²) in [6.45, 7) is 2.20. The molecule has 19 heavy (non-hydrogen) atoms. The second kappa shape index (κ2) is 5.03. The van der Waals surface area contributed by atoms with Crippen LogP contribution in [-0.4, -0.2) is 4.57 Å². The lowest BCUT2D eigenvalue weighted by atomic mass is 10.1. The highest BCUT2D eigenvalue weighted by Crippen LogP contribution is 2.31. The normalized spacial score (nSPS) is 11.3. The van der Waals surface area contributed by atoms with Crippen LogP contribution in [0.3, 0.4) is 0 Å². The van der Waals surface area contributed by atoms with Crippen LogP contribution < -0.4 is 0 Å². The summed E-state index contributed by atoms with van der Waals surface area (Å²) in [5.41, 5.74) is 2.52. The molecule has 3 aromatic rings. The zero-order valence-electron chi connectivity index (χ0n) is 11.1. The monoisotopic (exact) mass is 289 g/mol. The van der Waals surface area contributed by atoms with Gasteiger partial charge >= 0.3 is 0 Å². The number of hydrogen-bond acceptors (Lipinski definition) is 1. The van der Waals surface area contributed by atoms with Crippen molar-refractivity contribution in [3.05, 3.63) is 56.9 Å². The van der Waals surface area contributed by atoms with E-state index in [4.69, 9.17) is 11.6 Å². The molecular formula is C16H16ClNS. The van der Waals surface area contributed by atoms with Crippen molar-refractivity contribution < 1.29 is 0 Å². The molecule has 0 saturated heterocycles. The molecule has 0 fully saturated rings. The standard InChI is InChI=1S/C16H16ClNS/c1-3-12-7-8-13(19-12)9-11-10-18(2)15-6-4-5-14(17)16(11)15/h4-8,10H,3,9H2,1-2H3. The zero-order chi connectivity index (χ0) is 13.4. The fourth-order valence-corrected chi connectivity index (χ4v) is 3.79. The number of benzene rings is 1. The van der Waals surface area contributed by atoms with Gasteiger partial charge in [0.15, 0.2) is 0 Å². The molecule has 0 amide bonds. The van der Waals surface area contributed by atoms with Crippen molar-refractivity contribution in [2.75, 3.05) is 0 Å². The van der Waals surface area contributed by atoms with Gasteiger partial charge in [-0.2, -0.15) is 0 Å². The van der Waals surface area contributed by atoms with E-state index in [9.17, 15) is 0 Å². The first kappa shape index (κ1) is 12.8. The molecule has 98 valence electrons. The molecule has 3 rings (SSSR count).